The summed E-state index contributed by atoms with van der Waals surface area (Å²) >= 11 is 0. The largest absolute Gasteiger partial charge is 0.473 e. The minimum absolute atomic E-state index is 0.537. The second kappa shape index (κ2) is 5.24. The van der Waals surface area contributed by atoms with E-state index in [2.05, 4.69) is 9.97 Å². The molecule has 1 aromatic heterocycles. The van der Waals surface area contributed by atoms with Crippen LogP contribution in [0.5, 0.6) is 0 Å². The van der Waals surface area contributed by atoms with Gasteiger partial charge in [0.2, 0.25) is 0 Å². The summed E-state index contributed by atoms with van der Waals surface area (Å²) in [7, 11) is 0. The Labute approximate surface area is 75.1 Å². The number of nitrogens with zero attached hydrogens (tertiary/aromatic N) is 1. The van der Waals surface area contributed by atoms with Crippen molar-refractivity contribution < 1.29 is 19.8 Å². The molecule has 0 fully saturated rings. The molecule has 1 heterocycles. The molecular formula is C5H5N3O6. The zero-order valence-corrected chi connectivity index (χ0v) is 6.55. The van der Waals surface area contributed by atoms with Gasteiger partial charge in [-0.25, -0.2) is 19.2 Å². The summed E-state index contributed by atoms with van der Waals surface area (Å²) < 4.78 is 0. The Bertz CT molecular complexity index is 394. The first kappa shape index (κ1) is 11.5. The molecule has 0 saturated heterocycles. The van der Waals surface area contributed by atoms with E-state index in [1.807, 2.05) is 4.98 Å². The molecule has 0 aliphatic carbocycles. The van der Waals surface area contributed by atoms with Gasteiger partial charge in [-0.15, -0.1) is 0 Å². The van der Waals surface area contributed by atoms with Crippen LogP contribution < -0.4 is 11.4 Å². The fourth-order valence-corrected chi connectivity index (χ4v) is 0.315. The third-order valence-corrected chi connectivity index (χ3v) is 0.781. The minimum atomic E-state index is -1.82. The summed E-state index contributed by atoms with van der Waals surface area (Å²) in [5.74, 6) is -3.65. The zero-order chi connectivity index (χ0) is 11.1. The molecule has 0 atom stereocenters. The maximum Gasteiger partial charge on any atom is 0.414 e. The van der Waals surface area contributed by atoms with Crippen molar-refractivity contribution in [1.29, 1.82) is 0 Å². The first-order chi connectivity index (χ1) is 6.43. The Morgan fingerprint density at radius 3 is 1.93 bits per heavy atom. The molecule has 9 heteroatoms. The number of aromatic amines is 2. The summed E-state index contributed by atoms with van der Waals surface area (Å²) in [6, 6.07) is 0. The molecule has 0 radical (unpaired) electrons. The molecule has 0 aliphatic heterocycles. The SMILES string of the molecule is O=C(O)C(=O)O.O=c1nc[nH]c(=O)[nH]1. The van der Waals surface area contributed by atoms with Crippen LogP contribution in [0.25, 0.3) is 0 Å². The third-order valence-electron chi connectivity index (χ3n) is 0.781. The van der Waals surface area contributed by atoms with Crippen LogP contribution in [0.4, 0.5) is 0 Å². The normalized spacial score (nSPS) is 8.29. The van der Waals surface area contributed by atoms with Gasteiger partial charge in [-0.1, -0.05) is 0 Å². The molecule has 1 aromatic rings. The number of nitrogens with one attached hydrogen (secondary N) is 2. The number of rotatable bonds is 0. The molecule has 76 valence electrons. The van der Waals surface area contributed by atoms with Crippen LogP contribution in [0.1, 0.15) is 0 Å². The number of carboxylic acid groups (broad SMARTS) is 2. The van der Waals surface area contributed by atoms with Crippen LogP contribution in [0.2, 0.25) is 0 Å². The highest BCUT2D eigenvalue weighted by Crippen LogP contribution is 1.56. The summed E-state index contributed by atoms with van der Waals surface area (Å²) in [6.07, 6.45) is 1.04. The fraction of sp³-hybridized carbons (Fsp3) is 0. The molecule has 0 unspecified atom stereocenters. The lowest BCUT2D eigenvalue weighted by molar-refractivity contribution is -0.159. The number of carboxylic acids is 2. The van der Waals surface area contributed by atoms with Gasteiger partial charge in [0.05, 0.1) is 0 Å². The van der Waals surface area contributed by atoms with Crippen LogP contribution in [0, 0.1) is 0 Å². The molecule has 1 rings (SSSR count). The summed E-state index contributed by atoms with van der Waals surface area (Å²) in [5, 5.41) is 14.8. The topological polar surface area (TPSA) is 153 Å². The van der Waals surface area contributed by atoms with Crippen molar-refractivity contribution in [2.45, 2.75) is 0 Å². The third kappa shape index (κ3) is 5.23. The lowest BCUT2D eigenvalue weighted by Crippen LogP contribution is -2.22. The highest BCUT2D eigenvalue weighted by molar-refractivity contribution is 6.27. The van der Waals surface area contributed by atoms with Crippen molar-refractivity contribution in [3.63, 3.8) is 0 Å². The van der Waals surface area contributed by atoms with E-state index in [1.54, 1.807) is 0 Å². The van der Waals surface area contributed by atoms with Gasteiger partial charge in [-0.3, -0.25) is 9.97 Å². The smallest absolute Gasteiger partial charge is 0.414 e. The molecule has 0 spiro atoms. The van der Waals surface area contributed by atoms with Crippen LogP contribution in [-0.2, 0) is 9.59 Å². The van der Waals surface area contributed by atoms with Gasteiger partial charge in [0.1, 0.15) is 6.33 Å². The maximum absolute atomic E-state index is 10.1. The van der Waals surface area contributed by atoms with E-state index in [1.165, 1.54) is 0 Å². The van der Waals surface area contributed by atoms with E-state index in [0.29, 0.717) is 0 Å². The first-order valence-corrected chi connectivity index (χ1v) is 3.03. The molecule has 4 N–H and O–H groups in total. The number of hydrogen-bond acceptors (Lipinski definition) is 5. The van der Waals surface area contributed by atoms with E-state index in [-0.39, 0.29) is 0 Å². The standard InChI is InChI=1S/C3H3N3O2.C2H2O4/c7-2-4-1-5-3(8)6-2;3-1(4)2(5)6/h1H,(H2,4,5,6,7,8);(H,3,4)(H,5,6). The number of H-pyrrole nitrogens is 2. The predicted molar refractivity (Wildman–Crippen MR) is 40.7 cm³/mol. The van der Waals surface area contributed by atoms with Crippen LogP contribution in [-0.4, -0.2) is 37.1 Å². The Morgan fingerprint density at radius 1 is 1.21 bits per heavy atom. The summed E-state index contributed by atoms with van der Waals surface area (Å²) in [6.45, 7) is 0. The van der Waals surface area contributed by atoms with E-state index >= 15 is 0 Å². The number of hydrogen-bond donors (Lipinski definition) is 4. The zero-order valence-electron chi connectivity index (χ0n) is 6.55. The Morgan fingerprint density at radius 2 is 1.71 bits per heavy atom. The number of carbonyl (C=O) groups is 2. The van der Waals surface area contributed by atoms with Crippen molar-refractivity contribution >= 4 is 11.9 Å². The van der Waals surface area contributed by atoms with Gasteiger partial charge in [-0.2, -0.15) is 4.98 Å². The maximum atomic E-state index is 10.1. The summed E-state index contributed by atoms with van der Waals surface area (Å²) in [4.78, 5) is 45.7. The van der Waals surface area contributed by atoms with Gasteiger partial charge >= 0.3 is 23.3 Å². The monoisotopic (exact) mass is 203 g/mol. The van der Waals surface area contributed by atoms with Crippen molar-refractivity contribution in [3.8, 4) is 0 Å². The molecule has 0 aromatic carbocycles. The highest BCUT2D eigenvalue weighted by atomic mass is 16.4. The van der Waals surface area contributed by atoms with Gasteiger partial charge in [-0.05, 0) is 0 Å². The molecular weight excluding hydrogens is 198 g/mol. The Kier molecular flexibility index (Phi) is 4.32. The predicted octanol–water partition coefficient (Wildman–Crippen LogP) is -2.39. The van der Waals surface area contributed by atoms with E-state index < -0.39 is 23.3 Å². The summed E-state index contributed by atoms with van der Waals surface area (Å²) in [5.41, 5.74) is -1.17. The Balaban J connectivity index is 0.000000255. The molecule has 9 nitrogen and oxygen atoms in total. The second-order valence-corrected chi connectivity index (χ2v) is 1.77. The minimum Gasteiger partial charge on any atom is -0.473 e. The lowest BCUT2D eigenvalue weighted by atomic mass is 10.7. The van der Waals surface area contributed by atoms with Crippen molar-refractivity contribution in [2.75, 3.05) is 0 Å². The molecule has 0 aliphatic rings. The van der Waals surface area contributed by atoms with Crippen molar-refractivity contribution in [2.24, 2.45) is 0 Å². The van der Waals surface area contributed by atoms with E-state index in [9.17, 15) is 9.59 Å². The Hall–Kier alpha value is -2.45. The van der Waals surface area contributed by atoms with Crippen LogP contribution in [0.3, 0.4) is 0 Å². The quantitative estimate of drug-likeness (QED) is 0.343. The van der Waals surface area contributed by atoms with Gasteiger partial charge in [0.15, 0.2) is 0 Å². The van der Waals surface area contributed by atoms with Gasteiger partial charge < -0.3 is 10.2 Å². The van der Waals surface area contributed by atoms with Gasteiger partial charge in [0.25, 0.3) is 0 Å². The molecule has 14 heavy (non-hydrogen) atoms. The average Bonchev–Trinajstić information content (AvgIpc) is 2.04. The second-order valence-electron chi connectivity index (χ2n) is 1.77. The number of aliphatic carboxylic acids is 2. The average molecular weight is 203 g/mol. The van der Waals surface area contributed by atoms with Crippen molar-refractivity contribution in [1.82, 2.24) is 15.0 Å². The van der Waals surface area contributed by atoms with Crippen LogP contribution in [0.15, 0.2) is 15.9 Å². The molecule has 0 saturated carbocycles. The van der Waals surface area contributed by atoms with Crippen molar-refractivity contribution in [3.05, 3.63) is 27.3 Å². The van der Waals surface area contributed by atoms with Gasteiger partial charge in [0, 0.05) is 0 Å². The first-order valence-electron chi connectivity index (χ1n) is 3.03. The highest BCUT2D eigenvalue weighted by Gasteiger charge is 2.04. The molecule has 0 amide bonds. The fourth-order valence-electron chi connectivity index (χ4n) is 0.315. The molecule has 0 bridgehead atoms. The van der Waals surface area contributed by atoms with E-state index in [0.717, 1.165) is 6.33 Å². The number of aromatic nitrogens is 3. The lowest BCUT2D eigenvalue weighted by Gasteiger charge is -1.74. The van der Waals surface area contributed by atoms with Crippen LogP contribution >= 0.6 is 0 Å². The van der Waals surface area contributed by atoms with E-state index in [4.69, 9.17) is 19.8 Å².